The van der Waals surface area contributed by atoms with E-state index in [-0.39, 0.29) is 57.4 Å². The number of Topliss-reactive ketones (excluding diaryl/α,β-unsaturated/α-hetero) is 1. The van der Waals surface area contributed by atoms with E-state index >= 15 is 0 Å². The number of hydrazine groups is 2. The van der Waals surface area contributed by atoms with Gasteiger partial charge in [-0.05, 0) is 26.0 Å². The van der Waals surface area contributed by atoms with Gasteiger partial charge in [0.15, 0.2) is 52.1 Å². The van der Waals surface area contributed by atoms with E-state index in [4.69, 9.17) is 16.4 Å². The number of nitrogens with zero attached hydrogens (tertiary/aromatic N) is 14. The number of anilines is 2. The summed E-state index contributed by atoms with van der Waals surface area (Å²) in [6.45, 7) is 2.66. The number of aliphatic hydroxyl groups excluding tert-OH is 1. The van der Waals surface area contributed by atoms with E-state index in [0.717, 1.165) is 0 Å². The minimum Gasteiger partial charge on any atom is -0.465 e. The van der Waals surface area contributed by atoms with Crippen molar-refractivity contribution < 1.29 is 19.4 Å². The zero-order chi connectivity index (χ0) is 33.1. The van der Waals surface area contributed by atoms with Crippen molar-refractivity contribution in [3.05, 3.63) is 47.0 Å². The number of nitrogens with two attached hydrogens (primary N) is 2. The molecule has 0 saturated carbocycles. The van der Waals surface area contributed by atoms with Crippen LogP contribution in [0.3, 0.4) is 0 Å². The van der Waals surface area contributed by atoms with Crippen LogP contribution in [0.25, 0.3) is 11.6 Å². The monoisotopic (exact) mass is 632 g/mol. The SMILES string of the molecule is COC(=O)c1cnn(C)c1N=Nc1c(C)nn(-c2ccc(-n3nc(C)c(N=Nc4c(C(=O)CO)cnn4C)c3NN)nn2)c1NN. The molecule has 5 aromatic heterocycles. The first-order valence-electron chi connectivity index (χ1n) is 13.2. The minimum atomic E-state index is -0.703. The largest absolute Gasteiger partial charge is 0.465 e. The Morgan fingerprint density at radius 3 is 1.70 bits per heavy atom. The fourth-order valence-electron chi connectivity index (χ4n) is 4.24. The Morgan fingerprint density at radius 1 is 0.826 bits per heavy atom. The van der Waals surface area contributed by atoms with Gasteiger partial charge < -0.3 is 20.7 Å². The molecule has 0 aliphatic carbocycles. The molecule has 0 fully saturated rings. The molecular weight excluding hydrogens is 604 g/mol. The van der Waals surface area contributed by atoms with Crippen molar-refractivity contribution in [2.24, 2.45) is 46.2 Å². The maximum atomic E-state index is 12.1. The van der Waals surface area contributed by atoms with Crippen LogP contribution < -0.4 is 22.5 Å². The normalized spacial score (nSPS) is 11.6. The van der Waals surface area contributed by atoms with Gasteiger partial charge in [0.25, 0.3) is 0 Å². The van der Waals surface area contributed by atoms with Crippen LogP contribution in [-0.2, 0) is 18.8 Å². The molecule has 0 amide bonds. The molecule has 46 heavy (non-hydrogen) atoms. The molecule has 0 aliphatic heterocycles. The number of aromatic nitrogens is 10. The molecule has 5 aromatic rings. The summed E-state index contributed by atoms with van der Waals surface area (Å²) in [5, 5.41) is 51.5. The Morgan fingerprint density at radius 2 is 1.28 bits per heavy atom. The molecule has 22 nitrogen and oxygen atoms in total. The van der Waals surface area contributed by atoms with Crippen molar-refractivity contribution in [1.29, 1.82) is 0 Å². The van der Waals surface area contributed by atoms with Crippen LogP contribution >= 0.6 is 0 Å². The Balaban J connectivity index is 1.46. The highest BCUT2D eigenvalue weighted by molar-refractivity contribution is 6.00. The van der Waals surface area contributed by atoms with Crippen LogP contribution in [0.5, 0.6) is 0 Å². The summed E-state index contributed by atoms with van der Waals surface area (Å²) >= 11 is 0. The average molecular weight is 633 g/mol. The highest BCUT2D eigenvalue weighted by atomic mass is 16.5. The van der Waals surface area contributed by atoms with Crippen LogP contribution in [0.4, 0.5) is 34.6 Å². The fraction of sp³-hybridized carbons (Fsp3) is 0.250. The van der Waals surface area contributed by atoms with Gasteiger partial charge in [-0.1, -0.05) is 0 Å². The third kappa shape index (κ3) is 5.56. The number of methoxy groups -OCH3 is 1. The average Bonchev–Trinajstić information content (AvgIpc) is 3.80. The maximum Gasteiger partial charge on any atom is 0.343 e. The number of nitrogens with one attached hydrogen (secondary N) is 2. The van der Waals surface area contributed by atoms with Crippen molar-refractivity contribution in [2.75, 3.05) is 24.6 Å². The van der Waals surface area contributed by atoms with Crippen LogP contribution in [-0.4, -0.2) is 79.9 Å². The van der Waals surface area contributed by atoms with Gasteiger partial charge in [-0.3, -0.25) is 4.79 Å². The second kappa shape index (κ2) is 12.8. The molecule has 5 heterocycles. The summed E-state index contributed by atoms with van der Waals surface area (Å²) in [5.41, 5.74) is 6.73. The van der Waals surface area contributed by atoms with E-state index in [1.54, 1.807) is 40.1 Å². The van der Waals surface area contributed by atoms with E-state index in [9.17, 15) is 14.7 Å². The molecule has 0 spiro atoms. The van der Waals surface area contributed by atoms with Gasteiger partial charge in [-0.15, -0.1) is 30.7 Å². The Hall–Kier alpha value is -6.26. The van der Waals surface area contributed by atoms with Gasteiger partial charge in [-0.25, -0.2) is 25.8 Å². The third-order valence-electron chi connectivity index (χ3n) is 6.56. The Bertz CT molecular complexity index is 1840. The molecular formula is C24H28N18O4. The predicted octanol–water partition coefficient (Wildman–Crippen LogP) is 1.30. The molecule has 0 aliphatic rings. The van der Waals surface area contributed by atoms with Gasteiger partial charge in [0, 0.05) is 14.1 Å². The summed E-state index contributed by atoms with van der Waals surface area (Å²) in [6, 6.07) is 3.21. The van der Waals surface area contributed by atoms with Crippen molar-refractivity contribution in [1.82, 2.24) is 49.3 Å². The van der Waals surface area contributed by atoms with E-state index in [2.05, 4.69) is 61.9 Å². The van der Waals surface area contributed by atoms with Crippen molar-refractivity contribution in [3.8, 4) is 11.6 Å². The van der Waals surface area contributed by atoms with Crippen LogP contribution in [0, 0.1) is 13.8 Å². The molecule has 7 N–H and O–H groups in total. The molecule has 0 radical (unpaired) electrons. The van der Waals surface area contributed by atoms with Gasteiger partial charge in [-0.2, -0.15) is 29.8 Å². The highest BCUT2D eigenvalue weighted by Crippen LogP contribution is 2.34. The lowest BCUT2D eigenvalue weighted by Gasteiger charge is -2.08. The fourth-order valence-corrected chi connectivity index (χ4v) is 4.24. The lowest BCUT2D eigenvalue weighted by atomic mass is 10.2. The first-order valence-corrected chi connectivity index (χ1v) is 13.2. The Labute approximate surface area is 258 Å². The summed E-state index contributed by atoms with van der Waals surface area (Å²) in [5.74, 6) is 11.8. The topological polar surface area (TPSA) is 286 Å². The first kappa shape index (κ1) is 31.2. The predicted molar refractivity (Wildman–Crippen MR) is 159 cm³/mol. The lowest BCUT2D eigenvalue weighted by molar-refractivity contribution is 0.0601. The summed E-state index contributed by atoms with van der Waals surface area (Å²) in [4.78, 5) is 24.1. The van der Waals surface area contributed by atoms with Gasteiger partial charge in [0.1, 0.15) is 12.2 Å². The number of carbonyl (C=O) groups excluding carboxylic acids is 2. The van der Waals surface area contributed by atoms with E-state index < -0.39 is 18.4 Å². The number of rotatable bonds is 11. The Kier molecular flexibility index (Phi) is 8.65. The number of nitrogen functional groups attached to an aromatic ring is 2. The molecule has 0 bridgehead atoms. The second-order valence-electron chi connectivity index (χ2n) is 9.41. The molecule has 0 saturated heterocycles. The molecule has 0 aromatic carbocycles. The standard InChI is InChI=1S/C24H28N18O4/c1-11-18(33-35-20-13(15(44)10-43)8-27-39(20)3)22(29-25)41(37-11)16-6-7-17(32-31-16)42-23(30-26)19(12(2)38-42)34-36-21-14(24(45)46-5)9-28-40(21)4/h6-9,29-30,43H,10,25-26H2,1-5H3. The summed E-state index contributed by atoms with van der Waals surface area (Å²) in [6.07, 6.45) is 2.62. The van der Waals surface area contributed by atoms with Gasteiger partial charge in [0.05, 0.1) is 36.5 Å². The van der Waals surface area contributed by atoms with Crippen molar-refractivity contribution >= 4 is 46.4 Å². The van der Waals surface area contributed by atoms with E-state index in [1.165, 1.54) is 38.2 Å². The molecule has 0 unspecified atom stereocenters. The molecule has 22 heteroatoms. The van der Waals surface area contributed by atoms with E-state index in [1.807, 2.05) is 0 Å². The van der Waals surface area contributed by atoms with Gasteiger partial charge >= 0.3 is 5.97 Å². The van der Waals surface area contributed by atoms with Crippen LogP contribution in [0.15, 0.2) is 45.0 Å². The number of azo groups is 2. The number of hydrogen-bond acceptors (Lipinski definition) is 18. The molecule has 5 rings (SSSR count). The van der Waals surface area contributed by atoms with Crippen molar-refractivity contribution in [3.63, 3.8) is 0 Å². The van der Waals surface area contributed by atoms with Gasteiger partial charge in [0.2, 0.25) is 0 Å². The summed E-state index contributed by atoms with van der Waals surface area (Å²) in [7, 11) is 4.44. The smallest absolute Gasteiger partial charge is 0.343 e. The maximum absolute atomic E-state index is 12.1. The lowest BCUT2D eigenvalue weighted by Crippen LogP contribution is -2.15. The first-order chi connectivity index (χ1) is 22.1. The second-order valence-corrected chi connectivity index (χ2v) is 9.41. The number of ketones is 1. The quantitative estimate of drug-likeness (QED) is 0.0451. The van der Waals surface area contributed by atoms with Crippen LogP contribution in [0.2, 0.25) is 0 Å². The molecule has 0 atom stereocenters. The highest BCUT2D eigenvalue weighted by Gasteiger charge is 2.22. The number of ether oxygens (including phenoxy) is 1. The minimum absolute atomic E-state index is 0.107. The number of esters is 1. The number of aryl methyl sites for hydroxylation is 4. The zero-order valence-electron chi connectivity index (χ0n) is 25.1. The number of hydrogen-bond donors (Lipinski definition) is 5. The van der Waals surface area contributed by atoms with Crippen LogP contribution in [0.1, 0.15) is 32.1 Å². The zero-order valence-corrected chi connectivity index (χ0v) is 25.1. The number of carbonyl (C=O) groups is 2. The van der Waals surface area contributed by atoms with E-state index in [0.29, 0.717) is 11.4 Å². The molecule has 238 valence electrons. The third-order valence-corrected chi connectivity index (χ3v) is 6.56. The summed E-state index contributed by atoms with van der Waals surface area (Å²) < 4.78 is 10.2. The number of aliphatic hydroxyl groups is 1. The van der Waals surface area contributed by atoms with Crippen molar-refractivity contribution in [2.45, 2.75) is 13.8 Å².